The van der Waals surface area contributed by atoms with Crippen LogP contribution < -0.4 is 5.32 Å². The highest BCUT2D eigenvalue weighted by Crippen LogP contribution is 2.20. The van der Waals surface area contributed by atoms with Gasteiger partial charge in [0, 0.05) is 23.0 Å². The second kappa shape index (κ2) is 4.29. The van der Waals surface area contributed by atoms with Crippen molar-refractivity contribution in [3.63, 3.8) is 0 Å². The number of carbonyl (C=O) groups excluding carboxylic acids is 1. The third kappa shape index (κ3) is 2.28. The second-order valence-electron chi connectivity index (χ2n) is 3.69. The first-order valence-corrected chi connectivity index (χ1v) is 5.26. The molecule has 0 saturated heterocycles. The number of anilines is 1. The van der Waals surface area contributed by atoms with E-state index >= 15 is 0 Å². The number of aromatic nitrogens is 1. The van der Waals surface area contributed by atoms with Crippen LogP contribution in [0.25, 0.3) is 10.9 Å². The zero-order valence-corrected chi connectivity index (χ0v) is 9.28. The molecular weight excluding hydrogens is 220 g/mol. The van der Waals surface area contributed by atoms with Crippen LogP contribution in [0.2, 0.25) is 0 Å². The highest BCUT2D eigenvalue weighted by Gasteiger charge is 2.08. The molecule has 88 valence electrons. The van der Waals surface area contributed by atoms with Crippen LogP contribution >= 0.6 is 0 Å². The van der Waals surface area contributed by atoms with Crippen molar-refractivity contribution in [1.82, 2.24) is 4.98 Å². The maximum Gasteiger partial charge on any atom is 0.352 e. The van der Waals surface area contributed by atoms with Gasteiger partial charge in [0.05, 0.1) is 0 Å². The maximum absolute atomic E-state index is 11.2. The van der Waals surface area contributed by atoms with Crippen LogP contribution in [0.3, 0.4) is 0 Å². The molecule has 2 aromatic rings. The molecule has 0 fully saturated rings. The van der Waals surface area contributed by atoms with Gasteiger partial charge in [-0.3, -0.25) is 4.79 Å². The molecule has 17 heavy (non-hydrogen) atoms. The third-order valence-corrected chi connectivity index (χ3v) is 2.46. The van der Waals surface area contributed by atoms with Crippen LogP contribution in [-0.4, -0.2) is 22.0 Å². The van der Waals surface area contributed by atoms with Gasteiger partial charge in [-0.15, -0.1) is 0 Å². The number of carboxylic acid groups (broad SMARTS) is 1. The van der Waals surface area contributed by atoms with Crippen LogP contribution in [0.15, 0.2) is 24.3 Å². The normalized spacial score (nSPS) is 10.4. The van der Waals surface area contributed by atoms with Gasteiger partial charge in [0.2, 0.25) is 5.91 Å². The Balaban J connectivity index is 2.36. The molecule has 5 nitrogen and oxygen atoms in total. The summed E-state index contributed by atoms with van der Waals surface area (Å²) in [6.45, 7) is 1.77. The molecule has 0 saturated carbocycles. The van der Waals surface area contributed by atoms with E-state index in [-0.39, 0.29) is 11.6 Å². The maximum atomic E-state index is 11.2. The van der Waals surface area contributed by atoms with E-state index in [1.807, 2.05) is 0 Å². The van der Waals surface area contributed by atoms with Gasteiger partial charge in [-0.25, -0.2) is 4.79 Å². The van der Waals surface area contributed by atoms with E-state index in [0.717, 1.165) is 10.9 Å². The number of carbonyl (C=O) groups is 2. The van der Waals surface area contributed by atoms with Gasteiger partial charge < -0.3 is 15.4 Å². The predicted molar refractivity (Wildman–Crippen MR) is 64.2 cm³/mol. The van der Waals surface area contributed by atoms with Gasteiger partial charge in [-0.1, -0.05) is 6.92 Å². The zero-order valence-electron chi connectivity index (χ0n) is 9.28. The Kier molecular flexibility index (Phi) is 2.82. The van der Waals surface area contributed by atoms with Crippen LogP contribution in [0.4, 0.5) is 5.69 Å². The average Bonchev–Trinajstić information content (AvgIpc) is 2.72. The van der Waals surface area contributed by atoms with Crippen molar-refractivity contribution < 1.29 is 14.7 Å². The first kappa shape index (κ1) is 11.2. The SMILES string of the molecule is CCC(=O)Nc1ccc2[nH]c(C(=O)O)cc2c1. The fraction of sp³-hybridized carbons (Fsp3) is 0.167. The van der Waals surface area contributed by atoms with Crippen molar-refractivity contribution in [2.75, 3.05) is 5.32 Å². The topological polar surface area (TPSA) is 82.2 Å². The van der Waals surface area contributed by atoms with Gasteiger partial charge >= 0.3 is 5.97 Å². The second-order valence-corrected chi connectivity index (χ2v) is 3.69. The molecular formula is C12H12N2O3. The molecule has 1 amide bonds. The zero-order chi connectivity index (χ0) is 12.4. The molecule has 3 N–H and O–H groups in total. The van der Waals surface area contributed by atoms with Crippen LogP contribution in [0, 0.1) is 0 Å². The standard InChI is InChI=1S/C12H12N2O3/c1-2-11(15)13-8-3-4-9-7(5-8)6-10(14-9)12(16)17/h3-6,14H,2H2,1H3,(H,13,15)(H,16,17). The minimum atomic E-state index is -1.000. The number of nitrogens with one attached hydrogen (secondary N) is 2. The molecule has 5 heteroatoms. The summed E-state index contributed by atoms with van der Waals surface area (Å²) < 4.78 is 0. The Labute approximate surface area is 97.4 Å². The number of aromatic amines is 1. The molecule has 0 aliphatic heterocycles. The van der Waals surface area contributed by atoms with Gasteiger partial charge in [0.1, 0.15) is 5.69 Å². The summed E-state index contributed by atoms with van der Waals surface area (Å²) in [4.78, 5) is 24.8. The number of aromatic carboxylic acids is 1. The van der Waals surface area contributed by atoms with Gasteiger partial charge in [-0.2, -0.15) is 0 Å². The Morgan fingerprint density at radius 2 is 2.12 bits per heavy atom. The third-order valence-electron chi connectivity index (χ3n) is 2.46. The summed E-state index contributed by atoms with van der Waals surface area (Å²) in [5, 5.41) is 12.3. The largest absolute Gasteiger partial charge is 0.477 e. The fourth-order valence-corrected chi connectivity index (χ4v) is 1.57. The molecule has 0 aliphatic rings. The fourth-order valence-electron chi connectivity index (χ4n) is 1.57. The summed E-state index contributed by atoms with van der Waals surface area (Å²) in [5.41, 5.74) is 1.54. The van der Waals surface area contributed by atoms with Gasteiger partial charge in [-0.05, 0) is 24.3 Å². The summed E-state index contributed by atoms with van der Waals surface area (Å²) in [6.07, 6.45) is 0.408. The highest BCUT2D eigenvalue weighted by atomic mass is 16.4. The lowest BCUT2D eigenvalue weighted by molar-refractivity contribution is -0.115. The number of hydrogen-bond donors (Lipinski definition) is 3. The van der Waals surface area contributed by atoms with Crippen molar-refractivity contribution in [3.8, 4) is 0 Å². The van der Waals surface area contributed by atoms with Crippen molar-refractivity contribution in [2.45, 2.75) is 13.3 Å². The number of amides is 1. The van der Waals surface area contributed by atoms with Crippen molar-refractivity contribution in [1.29, 1.82) is 0 Å². The molecule has 0 spiro atoms. The van der Waals surface area contributed by atoms with E-state index in [0.29, 0.717) is 12.1 Å². The number of carboxylic acids is 1. The lowest BCUT2D eigenvalue weighted by atomic mass is 10.2. The van der Waals surface area contributed by atoms with Crippen molar-refractivity contribution >= 4 is 28.5 Å². The number of rotatable bonds is 3. The molecule has 1 aromatic heterocycles. The van der Waals surface area contributed by atoms with E-state index in [1.54, 1.807) is 31.2 Å². The molecule has 0 radical (unpaired) electrons. The minimum absolute atomic E-state index is 0.0710. The molecule has 1 aromatic carbocycles. The lowest BCUT2D eigenvalue weighted by Gasteiger charge is -2.02. The molecule has 0 aliphatic carbocycles. The van der Waals surface area contributed by atoms with Crippen LogP contribution in [-0.2, 0) is 4.79 Å². The van der Waals surface area contributed by atoms with Gasteiger partial charge in [0.25, 0.3) is 0 Å². The smallest absolute Gasteiger partial charge is 0.352 e. The highest BCUT2D eigenvalue weighted by molar-refractivity contribution is 5.97. The Morgan fingerprint density at radius 1 is 1.35 bits per heavy atom. The van der Waals surface area contributed by atoms with Crippen LogP contribution in [0.1, 0.15) is 23.8 Å². The van der Waals surface area contributed by atoms with E-state index in [1.165, 1.54) is 0 Å². The van der Waals surface area contributed by atoms with Crippen molar-refractivity contribution in [2.24, 2.45) is 0 Å². The molecule has 1 heterocycles. The molecule has 0 bridgehead atoms. The van der Waals surface area contributed by atoms with Crippen LogP contribution in [0.5, 0.6) is 0 Å². The van der Waals surface area contributed by atoms with E-state index in [4.69, 9.17) is 5.11 Å². The van der Waals surface area contributed by atoms with Crippen molar-refractivity contribution in [3.05, 3.63) is 30.0 Å². The molecule has 0 unspecified atom stereocenters. The number of benzene rings is 1. The number of hydrogen-bond acceptors (Lipinski definition) is 2. The first-order chi connectivity index (χ1) is 8.10. The summed E-state index contributed by atoms with van der Waals surface area (Å²) >= 11 is 0. The Hall–Kier alpha value is -2.30. The Bertz CT molecular complexity index is 586. The van der Waals surface area contributed by atoms with Gasteiger partial charge in [0.15, 0.2) is 0 Å². The quantitative estimate of drug-likeness (QED) is 0.758. The molecule has 2 rings (SSSR count). The minimum Gasteiger partial charge on any atom is -0.477 e. The van der Waals surface area contributed by atoms with E-state index in [2.05, 4.69) is 10.3 Å². The van der Waals surface area contributed by atoms with E-state index < -0.39 is 5.97 Å². The first-order valence-electron chi connectivity index (χ1n) is 5.26. The average molecular weight is 232 g/mol. The summed E-state index contributed by atoms with van der Waals surface area (Å²) in [5.74, 6) is -1.07. The summed E-state index contributed by atoms with van der Waals surface area (Å²) in [6, 6.07) is 6.76. The number of H-pyrrole nitrogens is 1. The summed E-state index contributed by atoms with van der Waals surface area (Å²) in [7, 11) is 0. The predicted octanol–water partition coefficient (Wildman–Crippen LogP) is 2.21. The number of fused-ring (bicyclic) bond motifs is 1. The molecule has 0 atom stereocenters. The Morgan fingerprint density at radius 3 is 2.76 bits per heavy atom. The monoisotopic (exact) mass is 232 g/mol. The van der Waals surface area contributed by atoms with E-state index in [9.17, 15) is 9.59 Å². The lowest BCUT2D eigenvalue weighted by Crippen LogP contribution is -2.08.